The third-order valence-corrected chi connectivity index (χ3v) is 4.97. The third-order valence-electron chi connectivity index (χ3n) is 3.21. The summed E-state index contributed by atoms with van der Waals surface area (Å²) in [4.78, 5) is 22.3. The Morgan fingerprint density at radius 2 is 2.19 bits per heavy atom. The number of nitrogens with zero attached hydrogens (tertiary/aromatic N) is 1. The number of hydrogen-bond donors (Lipinski definition) is 1. The topological polar surface area (TPSA) is 116 Å². The number of sulfone groups is 1. The van der Waals surface area contributed by atoms with Gasteiger partial charge in [0.15, 0.2) is 15.6 Å². The van der Waals surface area contributed by atoms with Gasteiger partial charge in [0, 0.05) is 17.7 Å². The van der Waals surface area contributed by atoms with Gasteiger partial charge in [-0.25, -0.2) is 8.42 Å². The Kier molecular flexibility index (Phi) is 4.12. The third kappa shape index (κ3) is 3.48. The summed E-state index contributed by atoms with van der Waals surface area (Å²) >= 11 is 0. The van der Waals surface area contributed by atoms with Crippen molar-refractivity contribution >= 4 is 21.4 Å². The molecule has 1 aliphatic heterocycles. The lowest BCUT2D eigenvalue weighted by Crippen LogP contribution is -2.35. The van der Waals surface area contributed by atoms with Crippen LogP contribution in [0.3, 0.4) is 0 Å². The van der Waals surface area contributed by atoms with Crippen LogP contribution in [0.25, 0.3) is 0 Å². The normalized spacial score (nSPS) is 20.0. The molecule has 0 radical (unpaired) electrons. The number of carbonyl (C=O) groups is 1. The molecule has 1 heterocycles. The molecule has 0 saturated carbocycles. The van der Waals surface area contributed by atoms with E-state index in [0.717, 1.165) is 6.07 Å². The summed E-state index contributed by atoms with van der Waals surface area (Å²) < 4.78 is 27.5. The van der Waals surface area contributed by atoms with Crippen molar-refractivity contribution in [2.75, 3.05) is 18.6 Å². The van der Waals surface area contributed by atoms with Crippen molar-refractivity contribution in [3.8, 4) is 5.75 Å². The van der Waals surface area contributed by atoms with Crippen LogP contribution >= 0.6 is 0 Å². The maximum absolute atomic E-state index is 12.0. The number of nitro benzene ring substituents is 1. The molecule has 1 atom stereocenters. The SMILES string of the molecule is COc1ccc(C(=O)NC2CCS(=O)(=O)C2)cc1[N+](=O)[O-]. The lowest BCUT2D eigenvalue weighted by Gasteiger charge is -2.11. The van der Waals surface area contributed by atoms with E-state index in [0.29, 0.717) is 6.42 Å². The van der Waals surface area contributed by atoms with Gasteiger partial charge in [-0.3, -0.25) is 14.9 Å². The molecule has 1 N–H and O–H groups in total. The van der Waals surface area contributed by atoms with E-state index in [9.17, 15) is 23.3 Å². The maximum Gasteiger partial charge on any atom is 0.311 e. The van der Waals surface area contributed by atoms with Gasteiger partial charge >= 0.3 is 5.69 Å². The standard InChI is InChI=1S/C12H14N2O6S/c1-20-11-3-2-8(6-10(11)14(16)17)12(15)13-9-4-5-21(18,19)7-9/h2-3,6,9H,4-5,7H2,1H3,(H,13,15). The van der Waals surface area contributed by atoms with Crippen LogP contribution in [0.5, 0.6) is 5.75 Å². The summed E-state index contributed by atoms with van der Waals surface area (Å²) in [6, 6.07) is 3.38. The number of ether oxygens (including phenoxy) is 1. The van der Waals surface area contributed by atoms with Gasteiger partial charge in [-0.2, -0.15) is 0 Å². The second-order valence-corrected chi connectivity index (χ2v) is 6.95. The Balaban J connectivity index is 2.16. The molecule has 114 valence electrons. The van der Waals surface area contributed by atoms with Gasteiger partial charge in [-0.15, -0.1) is 0 Å². The van der Waals surface area contributed by atoms with Crippen LogP contribution in [-0.4, -0.2) is 43.9 Å². The smallest absolute Gasteiger partial charge is 0.311 e. The minimum atomic E-state index is -3.10. The van der Waals surface area contributed by atoms with Gasteiger partial charge < -0.3 is 10.1 Å². The first kappa shape index (κ1) is 15.2. The first-order valence-electron chi connectivity index (χ1n) is 6.16. The Morgan fingerprint density at radius 1 is 1.48 bits per heavy atom. The van der Waals surface area contributed by atoms with Crippen LogP contribution in [0.15, 0.2) is 18.2 Å². The Labute approximate surface area is 121 Å². The fourth-order valence-electron chi connectivity index (χ4n) is 2.15. The number of nitro groups is 1. The van der Waals surface area contributed by atoms with Crippen molar-refractivity contribution in [3.63, 3.8) is 0 Å². The molecule has 2 rings (SSSR count). The zero-order chi connectivity index (χ0) is 15.6. The number of benzene rings is 1. The highest BCUT2D eigenvalue weighted by molar-refractivity contribution is 7.91. The zero-order valence-corrected chi connectivity index (χ0v) is 12.1. The van der Waals surface area contributed by atoms with E-state index >= 15 is 0 Å². The highest BCUT2D eigenvalue weighted by Crippen LogP contribution is 2.27. The molecule has 1 unspecified atom stereocenters. The van der Waals surface area contributed by atoms with Crippen LogP contribution in [0.2, 0.25) is 0 Å². The lowest BCUT2D eigenvalue weighted by molar-refractivity contribution is -0.385. The second kappa shape index (κ2) is 5.68. The van der Waals surface area contributed by atoms with E-state index in [4.69, 9.17) is 4.74 Å². The van der Waals surface area contributed by atoms with E-state index in [1.807, 2.05) is 0 Å². The molecule has 1 aromatic rings. The first-order valence-corrected chi connectivity index (χ1v) is 7.98. The molecule has 9 heteroatoms. The van der Waals surface area contributed by atoms with Crippen LogP contribution in [0.4, 0.5) is 5.69 Å². The number of hydrogen-bond acceptors (Lipinski definition) is 6. The molecular weight excluding hydrogens is 300 g/mol. The number of amides is 1. The van der Waals surface area contributed by atoms with E-state index < -0.39 is 26.7 Å². The highest BCUT2D eigenvalue weighted by Gasteiger charge is 2.29. The van der Waals surface area contributed by atoms with Crippen LogP contribution in [-0.2, 0) is 9.84 Å². The number of nitrogens with one attached hydrogen (secondary N) is 1. The van der Waals surface area contributed by atoms with Crippen molar-refractivity contribution in [2.24, 2.45) is 0 Å². The van der Waals surface area contributed by atoms with Gasteiger partial charge in [-0.05, 0) is 18.6 Å². The molecule has 1 saturated heterocycles. The fourth-order valence-corrected chi connectivity index (χ4v) is 3.82. The number of rotatable bonds is 4. The lowest BCUT2D eigenvalue weighted by atomic mass is 10.1. The van der Waals surface area contributed by atoms with E-state index in [-0.39, 0.29) is 28.5 Å². The zero-order valence-electron chi connectivity index (χ0n) is 11.2. The predicted molar refractivity (Wildman–Crippen MR) is 74.2 cm³/mol. The quantitative estimate of drug-likeness (QED) is 0.640. The fraction of sp³-hybridized carbons (Fsp3) is 0.417. The molecule has 0 aromatic heterocycles. The maximum atomic E-state index is 12.0. The van der Waals surface area contributed by atoms with Crippen molar-refractivity contribution in [3.05, 3.63) is 33.9 Å². The Hall–Kier alpha value is -2.16. The van der Waals surface area contributed by atoms with Crippen LogP contribution < -0.4 is 10.1 Å². The molecule has 0 spiro atoms. The number of carbonyl (C=O) groups excluding carboxylic acids is 1. The second-order valence-electron chi connectivity index (χ2n) is 4.72. The average molecular weight is 314 g/mol. The van der Waals surface area contributed by atoms with Gasteiger partial charge in [0.05, 0.1) is 23.5 Å². The minimum Gasteiger partial charge on any atom is -0.490 e. The van der Waals surface area contributed by atoms with E-state index in [1.165, 1.54) is 19.2 Å². The molecule has 1 aliphatic rings. The molecule has 21 heavy (non-hydrogen) atoms. The molecule has 0 aliphatic carbocycles. The van der Waals surface area contributed by atoms with Crippen LogP contribution in [0, 0.1) is 10.1 Å². The Bertz CT molecular complexity index is 685. The van der Waals surface area contributed by atoms with Gasteiger partial charge in [0.25, 0.3) is 5.91 Å². The van der Waals surface area contributed by atoms with E-state index in [1.54, 1.807) is 0 Å². The highest BCUT2D eigenvalue weighted by atomic mass is 32.2. The molecular formula is C12H14N2O6S. The van der Waals surface area contributed by atoms with Crippen molar-refractivity contribution in [1.82, 2.24) is 5.32 Å². The summed E-state index contributed by atoms with van der Waals surface area (Å²) in [5, 5.41) is 13.5. The van der Waals surface area contributed by atoms with Crippen LogP contribution in [0.1, 0.15) is 16.8 Å². The van der Waals surface area contributed by atoms with Crippen molar-refractivity contribution in [2.45, 2.75) is 12.5 Å². The Morgan fingerprint density at radius 3 is 2.71 bits per heavy atom. The van der Waals surface area contributed by atoms with Gasteiger partial charge in [0.2, 0.25) is 0 Å². The molecule has 1 aromatic carbocycles. The van der Waals surface area contributed by atoms with Crippen molar-refractivity contribution < 1.29 is 22.9 Å². The van der Waals surface area contributed by atoms with Gasteiger partial charge in [-0.1, -0.05) is 0 Å². The summed E-state index contributed by atoms with van der Waals surface area (Å²) in [6.45, 7) is 0. The predicted octanol–water partition coefficient (Wildman–Crippen LogP) is 0.520. The largest absolute Gasteiger partial charge is 0.490 e. The van der Waals surface area contributed by atoms with E-state index in [2.05, 4.69) is 5.32 Å². The molecule has 1 amide bonds. The average Bonchev–Trinajstić information content (AvgIpc) is 2.76. The molecule has 1 fully saturated rings. The van der Waals surface area contributed by atoms with Crippen molar-refractivity contribution in [1.29, 1.82) is 0 Å². The monoisotopic (exact) mass is 314 g/mol. The minimum absolute atomic E-state index is 0.0424. The van der Waals surface area contributed by atoms with Gasteiger partial charge in [0.1, 0.15) is 0 Å². The molecule has 8 nitrogen and oxygen atoms in total. The summed E-state index contributed by atoms with van der Waals surface area (Å²) in [6.07, 6.45) is 0.353. The summed E-state index contributed by atoms with van der Waals surface area (Å²) in [7, 11) is -1.80. The first-order chi connectivity index (χ1) is 9.82. The summed E-state index contributed by atoms with van der Waals surface area (Å²) in [5.74, 6) is -0.541. The summed E-state index contributed by atoms with van der Waals surface area (Å²) in [5.41, 5.74) is -0.226. The number of methoxy groups -OCH3 is 1. The molecule has 0 bridgehead atoms.